The van der Waals surface area contributed by atoms with Crippen molar-refractivity contribution in [3.8, 4) is 0 Å². The fourth-order valence-electron chi connectivity index (χ4n) is 2.54. The van der Waals surface area contributed by atoms with E-state index in [0.717, 1.165) is 11.8 Å². The zero-order valence-corrected chi connectivity index (χ0v) is 9.09. The van der Waals surface area contributed by atoms with Crippen molar-refractivity contribution in [3.05, 3.63) is 0 Å². The van der Waals surface area contributed by atoms with Crippen LogP contribution >= 0.6 is 0 Å². The first-order chi connectivity index (χ1) is 6.11. The third kappa shape index (κ3) is 3.65. The molecule has 2 N–H and O–H groups in total. The maximum Gasteiger partial charge on any atom is 0.0582 e. The minimum atomic E-state index is 0.249. The Labute approximate surface area is 81.7 Å². The maximum atomic E-state index is 8.93. The van der Waals surface area contributed by atoms with Gasteiger partial charge in [-0.2, -0.15) is 0 Å². The summed E-state index contributed by atoms with van der Waals surface area (Å²) in [6.07, 6.45) is 3.91. The van der Waals surface area contributed by atoms with Crippen LogP contribution in [-0.4, -0.2) is 23.8 Å². The molecule has 4 atom stereocenters. The molecule has 0 heterocycles. The Morgan fingerprint density at radius 2 is 1.77 bits per heavy atom. The van der Waals surface area contributed by atoms with Gasteiger partial charge in [-0.15, -0.1) is 0 Å². The number of nitrogens with one attached hydrogen (secondary N) is 1. The molecule has 2 heteroatoms. The Bertz CT molecular complexity index is 139. The Morgan fingerprint density at radius 1 is 1.23 bits per heavy atom. The van der Waals surface area contributed by atoms with E-state index in [1.165, 1.54) is 19.3 Å². The minimum Gasteiger partial charge on any atom is -0.395 e. The smallest absolute Gasteiger partial charge is 0.0582 e. The van der Waals surface area contributed by atoms with Gasteiger partial charge in [-0.05, 0) is 38.0 Å². The lowest BCUT2D eigenvalue weighted by molar-refractivity contribution is 0.192. The van der Waals surface area contributed by atoms with E-state index in [1.54, 1.807) is 0 Å². The predicted molar refractivity (Wildman–Crippen MR) is 55.7 cm³/mol. The topological polar surface area (TPSA) is 32.3 Å². The molecule has 1 fully saturated rings. The molecule has 0 aromatic rings. The summed E-state index contributed by atoms with van der Waals surface area (Å²) in [4.78, 5) is 0. The molecule has 0 aromatic heterocycles. The van der Waals surface area contributed by atoms with Crippen molar-refractivity contribution in [2.75, 3.05) is 6.61 Å². The second-order valence-corrected chi connectivity index (χ2v) is 4.86. The molecule has 0 amide bonds. The summed E-state index contributed by atoms with van der Waals surface area (Å²) < 4.78 is 0. The van der Waals surface area contributed by atoms with E-state index in [1.807, 2.05) is 6.92 Å². The van der Waals surface area contributed by atoms with Crippen molar-refractivity contribution in [2.45, 2.75) is 52.1 Å². The SMILES string of the molecule is C[C@@H]1CC(N[C@H](C)CO)C[C@H](C)C1. The summed E-state index contributed by atoms with van der Waals surface area (Å²) in [6.45, 7) is 6.95. The summed E-state index contributed by atoms with van der Waals surface area (Å²) in [5, 5.41) is 12.4. The highest BCUT2D eigenvalue weighted by Gasteiger charge is 2.24. The average molecular weight is 185 g/mol. The van der Waals surface area contributed by atoms with E-state index in [9.17, 15) is 0 Å². The van der Waals surface area contributed by atoms with E-state index >= 15 is 0 Å². The first-order valence-electron chi connectivity index (χ1n) is 5.48. The highest BCUT2D eigenvalue weighted by molar-refractivity contribution is 4.81. The van der Waals surface area contributed by atoms with Gasteiger partial charge in [0.1, 0.15) is 0 Å². The molecule has 1 unspecified atom stereocenters. The molecule has 1 saturated carbocycles. The average Bonchev–Trinajstić information content (AvgIpc) is 2.02. The molecule has 0 spiro atoms. The molecule has 78 valence electrons. The molecule has 1 aliphatic carbocycles. The predicted octanol–water partition coefficient (Wildman–Crippen LogP) is 1.78. The second kappa shape index (κ2) is 4.97. The van der Waals surface area contributed by atoms with Crippen molar-refractivity contribution >= 4 is 0 Å². The molecule has 13 heavy (non-hydrogen) atoms. The molecule has 0 bridgehead atoms. The van der Waals surface area contributed by atoms with Gasteiger partial charge >= 0.3 is 0 Å². The van der Waals surface area contributed by atoms with Gasteiger partial charge in [0.15, 0.2) is 0 Å². The summed E-state index contributed by atoms with van der Waals surface area (Å²) in [6, 6.07) is 0.878. The Kier molecular flexibility index (Phi) is 4.20. The number of hydrogen-bond acceptors (Lipinski definition) is 2. The van der Waals surface area contributed by atoms with Crippen molar-refractivity contribution in [3.63, 3.8) is 0 Å². The summed E-state index contributed by atoms with van der Waals surface area (Å²) in [5.41, 5.74) is 0. The third-order valence-electron chi connectivity index (χ3n) is 2.97. The lowest BCUT2D eigenvalue weighted by Crippen LogP contribution is -2.42. The number of hydrogen-bond donors (Lipinski definition) is 2. The number of rotatable bonds is 3. The molecular weight excluding hydrogens is 162 g/mol. The third-order valence-corrected chi connectivity index (χ3v) is 2.97. The van der Waals surface area contributed by atoms with Crippen LogP contribution in [0.5, 0.6) is 0 Å². The van der Waals surface area contributed by atoms with Gasteiger partial charge in [0.25, 0.3) is 0 Å². The molecule has 0 saturated heterocycles. The standard InChI is InChI=1S/C11H23NO/c1-8-4-9(2)6-11(5-8)12-10(3)7-13/h8-13H,4-7H2,1-3H3/t8-,9+,10-,11?/m1/s1. The van der Waals surface area contributed by atoms with Crippen LogP contribution in [0, 0.1) is 11.8 Å². The molecular formula is C11H23NO. The summed E-state index contributed by atoms with van der Waals surface area (Å²) >= 11 is 0. The van der Waals surface area contributed by atoms with Crippen molar-refractivity contribution in [1.82, 2.24) is 5.32 Å². The van der Waals surface area contributed by atoms with E-state index in [4.69, 9.17) is 5.11 Å². The van der Waals surface area contributed by atoms with Gasteiger partial charge in [-0.3, -0.25) is 0 Å². The zero-order chi connectivity index (χ0) is 9.84. The van der Waals surface area contributed by atoms with Crippen LogP contribution < -0.4 is 5.32 Å². The van der Waals surface area contributed by atoms with Crippen LogP contribution in [0.1, 0.15) is 40.0 Å². The normalized spacial score (nSPS) is 37.4. The molecule has 0 aliphatic heterocycles. The Balaban J connectivity index is 2.32. The van der Waals surface area contributed by atoms with Crippen LogP contribution in [0.15, 0.2) is 0 Å². The Morgan fingerprint density at radius 3 is 2.23 bits per heavy atom. The van der Waals surface area contributed by atoms with Gasteiger partial charge in [0, 0.05) is 12.1 Å². The lowest BCUT2D eigenvalue weighted by Gasteiger charge is -2.33. The summed E-state index contributed by atoms with van der Waals surface area (Å²) in [7, 11) is 0. The van der Waals surface area contributed by atoms with E-state index < -0.39 is 0 Å². The van der Waals surface area contributed by atoms with Crippen molar-refractivity contribution in [2.24, 2.45) is 11.8 Å². The second-order valence-electron chi connectivity index (χ2n) is 4.86. The lowest BCUT2D eigenvalue weighted by atomic mass is 9.80. The largest absolute Gasteiger partial charge is 0.395 e. The van der Waals surface area contributed by atoms with Crippen LogP contribution in [0.25, 0.3) is 0 Å². The van der Waals surface area contributed by atoms with E-state index in [-0.39, 0.29) is 12.6 Å². The molecule has 1 rings (SSSR count). The molecule has 0 aromatic carbocycles. The Hall–Kier alpha value is -0.0800. The van der Waals surface area contributed by atoms with Crippen LogP contribution in [0.4, 0.5) is 0 Å². The molecule has 0 radical (unpaired) electrons. The van der Waals surface area contributed by atoms with Gasteiger partial charge in [0.05, 0.1) is 6.61 Å². The van der Waals surface area contributed by atoms with Gasteiger partial charge in [-0.25, -0.2) is 0 Å². The van der Waals surface area contributed by atoms with Crippen LogP contribution in [0.3, 0.4) is 0 Å². The van der Waals surface area contributed by atoms with Crippen LogP contribution in [0.2, 0.25) is 0 Å². The monoisotopic (exact) mass is 185 g/mol. The number of aliphatic hydroxyl groups is 1. The highest BCUT2D eigenvalue weighted by Crippen LogP contribution is 2.28. The first-order valence-corrected chi connectivity index (χ1v) is 5.48. The highest BCUT2D eigenvalue weighted by atomic mass is 16.3. The van der Waals surface area contributed by atoms with Crippen molar-refractivity contribution < 1.29 is 5.11 Å². The quantitative estimate of drug-likeness (QED) is 0.702. The van der Waals surface area contributed by atoms with Gasteiger partial charge < -0.3 is 10.4 Å². The zero-order valence-electron chi connectivity index (χ0n) is 9.09. The first kappa shape index (κ1) is 11.0. The van der Waals surface area contributed by atoms with Gasteiger partial charge in [0.2, 0.25) is 0 Å². The molecule has 1 aliphatic rings. The van der Waals surface area contributed by atoms with Gasteiger partial charge in [-0.1, -0.05) is 13.8 Å². The van der Waals surface area contributed by atoms with E-state index in [2.05, 4.69) is 19.2 Å². The summed E-state index contributed by atoms with van der Waals surface area (Å²) in [5.74, 6) is 1.68. The fraction of sp³-hybridized carbons (Fsp3) is 1.00. The van der Waals surface area contributed by atoms with Crippen molar-refractivity contribution in [1.29, 1.82) is 0 Å². The fourth-order valence-corrected chi connectivity index (χ4v) is 2.54. The minimum absolute atomic E-state index is 0.249. The number of aliphatic hydroxyl groups excluding tert-OH is 1. The maximum absolute atomic E-state index is 8.93. The molecule has 2 nitrogen and oxygen atoms in total. The van der Waals surface area contributed by atoms with Crippen LogP contribution in [-0.2, 0) is 0 Å². The van der Waals surface area contributed by atoms with E-state index in [0.29, 0.717) is 6.04 Å².